The molecule has 0 bridgehead atoms. The monoisotopic (exact) mass is 403 g/mol. The molecule has 0 N–H and O–H groups in total. The van der Waals surface area contributed by atoms with E-state index in [1.807, 2.05) is 38.1 Å². The molecule has 0 saturated carbocycles. The number of para-hydroxylation sites is 1. The van der Waals surface area contributed by atoms with E-state index in [0.29, 0.717) is 15.8 Å². The van der Waals surface area contributed by atoms with E-state index in [1.165, 1.54) is 0 Å². The van der Waals surface area contributed by atoms with Crippen molar-refractivity contribution in [3.63, 3.8) is 0 Å². The number of ether oxygens (including phenoxy) is 2. The maximum atomic E-state index is 12.2. The van der Waals surface area contributed by atoms with Gasteiger partial charge in [0.05, 0.1) is 17.0 Å². The lowest BCUT2D eigenvalue weighted by Crippen LogP contribution is -2.15. The van der Waals surface area contributed by atoms with Crippen molar-refractivity contribution < 1.29 is 14.3 Å². The number of rotatable bonds is 6. The van der Waals surface area contributed by atoms with Gasteiger partial charge in [-0.2, -0.15) is 0 Å². The number of carbonyl (C=O) groups excluding carboxylic acids is 1. The Morgan fingerprint density at radius 1 is 1.07 bits per heavy atom. The molecule has 1 aromatic heterocycles. The minimum atomic E-state index is -0.320. The topological polar surface area (TPSA) is 48.4 Å². The molecule has 0 unspecified atom stereocenters. The van der Waals surface area contributed by atoms with Crippen LogP contribution in [0.1, 0.15) is 16.8 Å². The van der Waals surface area contributed by atoms with Gasteiger partial charge < -0.3 is 9.47 Å². The van der Waals surface area contributed by atoms with Gasteiger partial charge in [-0.15, -0.1) is 0 Å². The van der Waals surface area contributed by atoms with Crippen LogP contribution in [0.2, 0.25) is 10.0 Å². The van der Waals surface area contributed by atoms with Gasteiger partial charge in [0.15, 0.2) is 0 Å². The van der Waals surface area contributed by atoms with Crippen LogP contribution in [-0.2, 0) is 16.0 Å². The van der Waals surface area contributed by atoms with Crippen molar-refractivity contribution in [3.8, 4) is 5.75 Å². The quantitative estimate of drug-likeness (QED) is 0.412. The van der Waals surface area contributed by atoms with Gasteiger partial charge in [-0.1, -0.05) is 41.4 Å². The highest BCUT2D eigenvalue weighted by atomic mass is 35.5. The molecule has 6 heteroatoms. The number of hydrogen-bond donors (Lipinski definition) is 0. The molecule has 2 aromatic carbocycles. The molecule has 0 spiro atoms. The predicted molar refractivity (Wildman–Crippen MR) is 108 cm³/mol. The van der Waals surface area contributed by atoms with Crippen LogP contribution in [0.25, 0.3) is 10.9 Å². The molecule has 0 aliphatic carbocycles. The molecular formula is C21H19Cl2NO3. The van der Waals surface area contributed by atoms with E-state index in [-0.39, 0.29) is 25.6 Å². The van der Waals surface area contributed by atoms with Crippen LogP contribution in [0.4, 0.5) is 0 Å². The predicted octanol–water partition coefficient (Wildman–Crippen LogP) is 5.32. The lowest BCUT2D eigenvalue weighted by Gasteiger charge is -2.13. The molecule has 0 saturated heterocycles. The summed E-state index contributed by atoms with van der Waals surface area (Å²) in [6, 6.07) is 12.9. The molecule has 0 atom stereocenters. The summed E-state index contributed by atoms with van der Waals surface area (Å²) < 4.78 is 10.8. The highest BCUT2D eigenvalue weighted by Crippen LogP contribution is 2.27. The second-order valence-corrected chi connectivity index (χ2v) is 6.98. The number of fused-ring (bicyclic) bond motifs is 1. The van der Waals surface area contributed by atoms with Gasteiger partial charge in [0.25, 0.3) is 0 Å². The van der Waals surface area contributed by atoms with Crippen molar-refractivity contribution in [3.05, 3.63) is 69.3 Å². The lowest BCUT2D eigenvalue weighted by atomic mass is 10.00. The summed E-state index contributed by atoms with van der Waals surface area (Å²) in [4.78, 5) is 16.8. The minimum Gasteiger partial charge on any atom is -0.488 e. The van der Waals surface area contributed by atoms with Crippen molar-refractivity contribution in [2.45, 2.75) is 20.3 Å². The normalized spacial score (nSPS) is 10.8. The number of hydrogen-bond acceptors (Lipinski definition) is 4. The number of nitrogens with zero attached hydrogens (tertiary/aromatic N) is 1. The van der Waals surface area contributed by atoms with Crippen molar-refractivity contribution in [1.82, 2.24) is 4.98 Å². The molecule has 0 amide bonds. The number of halogens is 2. The first-order valence-electron chi connectivity index (χ1n) is 8.54. The van der Waals surface area contributed by atoms with Crippen LogP contribution in [0.3, 0.4) is 0 Å². The molecule has 1 heterocycles. The smallest absolute Gasteiger partial charge is 0.310 e. The van der Waals surface area contributed by atoms with E-state index in [4.69, 9.17) is 32.7 Å². The first-order chi connectivity index (χ1) is 13.0. The summed E-state index contributed by atoms with van der Waals surface area (Å²) in [6.45, 7) is 4.23. The van der Waals surface area contributed by atoms with Crippen molar-refractivity contribution >= 4 is 40.1 Å². The number of esters is 1. The Labute approximate surface area is 168 Å². The van der Waals surface area contributed by atoms with E-state index in [0.717, 1.165) is 27.7 Å². The Bertz CT molecular complexity index is 989. The van der Waals surface area contributed by atoms with Crippen molar-refractivity contribution in [2.75, 3.05) is 13.2 Å². The van der Waals surface area contributed by atoms with Crippen LogP contribution < -0.4 is 4.74 Å². The molecule has 3 aromatic rings. The van der Waals surface area contributed by atoms with Gasteiger partial charge >= 0.3 is 5.97 Å². The first kappa shape index (κ1) is 19.5. The summed E-state index contributed by atoms with van der Waals surface area (Å²) in [5, 5.41) is 2.03. The second kappa shape index (κ2) is 8.59. The number of benzene rings is 2. The van der Waals surface area contributed by atoms with E-state index in [1.54, 1.807) is 18.2 Å². The molecular weight excluding hydrogens is 385 g/mol. The van der Waals surface area contributed by atoms with Crippen molar-refractivity contribution in [2.24, 2.45) is 0 Å². The van der Waals surface area contributed by atoms with Crippen LogP contribution in [0.15, 0.2) is 42.5 Å². The van der Waals surface area contributed by atoms with E-state index in [9.17, 15) is 4.79 Å². The Hall–Kier alpha value is -2.30. The maximum Gasteiger partial charge on any atom is 0.310 e. The maximum absolute atomic E-state index is 12.2. The lowest BCUT2D eigenvalue weighted by molar-refractivity contribution is -0.143. The van der Waals surface area contributed by atoms with Gasteiger partial charge in [-0.3, -0.25) is 9.78 Å². The van der Waals surface area contributed by atoms with E-state index < -0.39 is 0 Å². The fourth-order valence-electron chi connectivity index (χ4n) is 2.92. The molecule has 0 aliphatic rings. The summed E-state index contributed by atoms with van der Waals surface area (Å²) in [5.41, 5.74) is 3.72. The zero-order valence-electron chi connectivity index (χ0n) is 15.1. The molecule has 0 radical (unpaired) electrons. The van der Waals surface area contributed by atoms with Gasteiger partial charge in [-0.25, -0.2) is 0 Å². The molecule has 0 aliphatic heterocycles. The van der Waals surface area contributed by atoms with Gasteiger partial charge in [-0.05, 0) is 43.2 Å². The molecule has 0 fully saturated rings. The number of aryl methyl sites for hydroxylation is 2. The van der Waals surface area contributed by atoms with Crippen LogP contribution >= 0.6 is 23.2 Å². The highest BCUT2D eigenvalue weighted by molar-refractivity contribution is 6.34. The standard InChI is InChI=1S/C21H19Cl2NO3/c1-13-16-5-3-4-6-19(16)24-14(2)17(13)12-21(25)27-10-9-26-20-11-15(22)7-8-18(20)23/h3-8,11H,9-10,12H2,1-2H3. The van der Waals surface area contributed by atoms with E-state index >= 15 is 0 Å². The number of aromatic nitrogens is 1. The number of carbonyl (C=O) groups is 1. The third-order valence-corrected chi connectivity index (χ3v) is 4.85. The average Bonchev–Trinajstić information content (AvgIpc) is 2.65. The Kier molecular flexibility index (Phi) is 6.19. The van der Waals surface area contributed by atoms with Crippen molar-refractivity contribution in [1.29, 1.82) is 0 Å². The Morgan fingerprint density at radius 3 is 2.67 bits per heavy atom. The highest BCUT2D eigenvalue weighted by Gasteiger charge is 2.14. The summed E-state index contributed by atoms with van der Waals surface area (Å²) in [5.74, 6) is 0.143. The fourth-order valence-corrected chi connectivity index (χ4v) is 3.26. The SMILES string of the molecule is Cc1nc2ccccc2c(C)c1CC(=O)OCCOc1cc(Cl)ccc1Cl. The molecule has 3 rings (SSSR count). The summed E-state index contributed by atoms with van der Waals surface area (Å²) in [6.07, 6.45) is 0.174. The van der Waals surface area contributed by atoms with Crippen LogP contribution in [0.5, 0.6) is 5.75 Å². The molecule has 27 heavy (non-hydrogen) atoms. The zero-order valence-corrected chi connectivity index (χ0v) is 16.6. The van der Waals surface area contributed by atoms with Crippen LogP contribution in [0, 0.1) is 13.8 Å². The summed E-state index contributed by atoms with van der Waals surface area (Å²) in [7, 11) is 0. The minimum absolute atomic E-state index is 0.126. The summed E-state index contributed by atoms with van der Waals surface area (Å²) >= 11 is 11.9. The average molecular weight is 404 g/mol. The van der Waals surface area contributed by atoms with Crippen LogP contribution in [-0.4, -0.2) is 24.2 Å². The third-order valence-electron chi connectivity index (χ3n) is 4.30. The zero-order chi connectivity index (χ0) is 19.4. The Balaban J connectivity index is 1.58. The van der Waals surface area contributed by atoms with Gasteiger partial charge in [0.2, 0.25) is 0 Å². The molecule has 140 valence electrons. The largest absolute Gasteiger partial charge is 0.488 e. The van der Waals surface area contributed by atoms with Gasteiger partial charge in [0, 0.05) is 22.2 Å². The van der Waals surface area contributed by atoms with Gasteiger partial charge in [0.1, 0.15) is 19.0 Å². The Morgan fingerprint density at radius 2 is 1.85 bits per heavy atom. The third kappa shape index (κ3) is 4.71. The first-order valence-corrected chi connectivity index (χ1v) is 9.29. The second-order valence-electron chi connectivity index (χ2n) is 6.14. The molecule has 4 nitrogen and oxygen atoms in total. The number of pyridine rings is 1. The fraction of sp³-hybridized carbons (Fsp3) is 0.238. The van der Waals surface area contributed by atoms with E-state index in [2.05, 4.69) is 4.98 Å².